The molecule has 6 nitrogen and oxygen atoms in total. The number of aromatic nitrogens is 2. The number of hydrogen-bond donors (Lipinski definition) is 1. The van der Waals surface area contributed by atoms with E-state index in [2.05, 4.69) is 15.5 Å². The topological polar surface area (TPSA) is 75.2 Å². The lowest BCUT2D eigenvalue weighted by Gasteiger charge is -2.16. The molecular weight excluding hydrogens is 312 g/mol. The van der Waals surface area contributed by atoms with Gasteiger partial charge in [0.15, 0.2) is 0 Å². The van der Waals surface area contributed by atoms with Crippen LogP contribution in [0.3, 0.4) is 0 Å². The predicted octanol–water partition coefficient (Wildman–Crippen LogP) is 2.65. The summed E-state index contributed by atoms with van der Waals surface area (Å²) in [6, 6.07) is 9.40. The van der Waals surface area contributed by atoms with E-state index in [0.717, 1.165) is 10.7 Å². The van der Waals surface area contributed by atoms with Crippen molar-refractivity contribution in [2.75, 3.05) is 16.8 Å². The van der Waals surface area contributed by atoms with Gasteiger partial charge in [-0.2, -0.15) is 0 Å². The van der Waals surface area contributed by atoms with E-state index >= 15 is 0 Å². The van der Waals surface area contributed by atoms with Crippen LogP contribution in [0.2, 0.25) is 0 Å². The summed E-state index contributed by atoms with van der Waals surface area (Å²) in [6.45, 7) is 4.45. The number of rotatable bonds is 4. The zero-order valence-electron chi connectivity index (χ0n) is 13.0. The largest absolute Gasteiger partial charge is 0.312 e. The van der Waals surface area contributed by atoms with Crippen LogP contribution in [0.4, 0.5) is 10.8 Å². The quantitative estimate of drug-likeness (QED) is 0.935. The third kappa shape index (κ3) is 3.39. The Bertz CT molecular complexity index is 714. The average Bonchev–Trinajstić information content (AvgIpc) is 3.15. The number of carbonyl (C=O) groups excluding carboxylic acids is 2. The van der Waals surface area contributed by atoms with Gasteiger partial charge in [-0.3, -0.25) is 9.59 Å². The van der Waals surface area contributed by atoms with Gasteiger partial charge in [-0.15, -0.1) is 10.2 Å². The fraction of sp³-hybridized carbons (Fsp3) is 0.375. The number of benzene rings is 1. The molecule has 120 valence electrons. The van der Waals surface area contributed by atoms with Crippen molar-refractivity contribution in [1.29, 1.82) is 0 Å². The van der Waals surface area contributed by atoms with Crippen LogP contribution in [0.25, 0.3) is 0 Å². The minimum absolute atomic E-state index is 0.0310. The molecule has 0 radical (unpaired) electrons. The number of nitrogens with one attached hydrogen (secondary N) is 1. The fourth-order valence-electron chi connectivity index (χ4n) is 2.47. The molecule has 1 aromatic heterocycles. The number of carbonyl (C=O) groups is 2. The summed E-state index contributed by atoms with van der Waals surface area (Å²) in [5, 5.41) is 12.2. The van der Waals surface area contributed by atoms with Crippen LogP contribution >= 0.6 is 11.3 Å². The lowest BCUT2D eigenvalue weighted by Crippen LogP contribution is -2.28. The number of anilines is 2. The highest BCUT2D eigenvalue weighted by Crippen LogP contribution is 2.27. The Hall–Kier alpha value is -2.28. The Labute approximate surface area is 138 Å². The SMILES string of the molecule is CC(C)c1nnc(NC(=O)[C@@H]2CC(=O)N(c3ccccc3)C2)s1. The third-order valence-electron chi connectivity index (χ3n) is 3.73. The van der Waals surface area contributed by atoms with Gasteiger partial charge in [0.2, 0.25) is 16.9 Å². The Kier molecular flexibility index (Phi) is 4.38. The van der Waals surface area contributed by atoms with E-state index in [0.29, 0.717) is 11.7 Å². The molecule has 2 heterocycles. The van der Waals surface area contributed by atoms with Crippen molar-refractivity contribution in [3.63, 3.8) is 0 Å². The van der Waals surface area contributed by atoms with E-state index in [9.17, 15) is 9.59 Å². The van der Waals surface area contributed by atoms with Crippen molar-refractivity contribution in [3.05, 3.63) is 35.3 Å². The summed E-state index contributed by atoms with van der Waals surface area (Å²) in [4.78, 5) is 26.2. The Morgan fingerprint density at radius 1 is 1.30 bits per heavy atom. The summed E-state index contributed by atoms with van der Waals surface area (Å²) in [5.74, 6) is -0.298. The second-order valence-corrected chi connectivity index (χ2v) is 6.84. The Morgan fingerprint density at radius 2 is 2.04 bits per heavy atom. The van der Waals surface area contributed by atoms with Gasteiger partial charge < -0.3 is 10.2 Å². The zero-order chi connectivity index (χ0) is 16.4. The molecule has 1 aliphatic rings. The summed E-state index contributed by atoms with van der Waals surface area (Å²) in [7, 11) is 0. The summed E-state index contributed by atoms with van der Waals surface area (Å²) < 4.78 is 0. The highest BCUT2D eigenvalue weighted by Gasteiger charge is 2.35. The maximum atomic E-state index is 12.4. The monoisotopic (exact) mass is 330 g/mol. The normalized spacial score (nSPS) is 17.8. The van der Waals surface area contributed by atoms with E-state index in [1.807, 2.05) is 44.2 Å². The molecule has 0 spiro atoms. The van der Waals surface area contributed by atoms with Crippen LogP contribution < -0.4 is 10.2 Å². The van der Waals surface area contributed by atoms with Crippen molar-refractivity contribution in [1.82, 2.24) is 10.2 Å². The molecule has 0 unspecified atom stereocenters. The van der Waals surface area contributed by atoms with Gasteiger partial charge in [-0.05, 0) is 12.1 Å². The van der Waals surface area contributed by atoms with E-state index < -0.39 is 0 Å². The molecule has 1 fully saturated rings. The van der Waals surface area contributed by atoms with Gasteiger partial charge >= 0.3 is 0 Å². The number of amides is 2. The zero-order valence-corrected chi connectivity index (χ0v) is 13.8. The minimum atomic E-state index is -0.367. The first-order valence-electron chi connectivity index (χ1n) is 7.54. The maximum absolute atomic E-state index is 12.4. The molecular formula is C16H18N4O2S. The van der Waals surface area contributed by atoms with Crippen LogP contribution in [0.1, 0.15) is 31.2 Å². The highest BCUT2D eigenvalue weighted by atomic mass is 32.1. The van der Waals surface area contributed by atoms with Gasteiger partial charge in [-0.1, -0.05) is 43.4 Å². The minimum Gasteiger partial charge on any atom is -0.312 e. The Balaban J connectivity index is 1.65. The molecule has 0 saturated carbocycles. The summed E-state index contributed by atoms with van der Waals surface area (Å²) >= 11 is 1.37. The first-order valence-corrected chi connectivity index (χ1v) is 8.36. The number of nitrogens with zero attached hydrogens (tertiary/aromatic N) is 3. The predicted molar refractivity (Wildman–Crippen MR) is 89.5 cm³/mol. The van der Waals surface area contributed by atoms with E-state index in [-0.39, 0.29) is 30.1 Å². The first kappa shape index (κ1) is 15.6. The smallest absolute Gasteiger partial charge is 0.231 e. The maximum Gasteiger partial charge on any atom is 0.231 e. The molecule has 1 N–H and O–H groups in total. The van der Waals surface area contributed by atoms with Gasteiger partial charge in [0.1, 0.15) is 5.01 Å². The van der Waals surface area contributed by atoms with Gasteiger partial charge in [0, 0.05) is 24.6 Å². The lowest BCUT2D eigenvalue weighted by atomic mass is 10.1. The fourth-order valence-corrected chi connectivity index (χ4v) is 3.22. The Morgan fingerprint density at radius 3 is 2.70 bits per heavy atom. The molecule has 2 aromatic rings. The van der Waals surface area contributed by atoms with Crippen molar-refractivity contribution in [3.8, 4) is 0 Å². The molecule has 1 atom stereocenters. The van der Waals surface area contributed by atoms with Crippen molar-refractivity contribution in [2.24, 2.45) is 5.92 Å². The number of hydrogen-bond acceptors (Lipinski definition) is 5. The molecule has 1 saturated heterocycles. The van der Waals surface area contributed by atoms with E-state index in [1.54, 1.807) is 4.90 Å². The second kappa shape index (κ2) is 6.45. The van der Waals surface area contributed by atoms with Gasteiger partial charge in [-0.25, -0.2) is 0 Å². The first-order chi connectivity index (χ1) is 11.0. The molecule has 7 heteroatoms. The molecule has 0 aliphatic carbocycles. The van der Waals surface area contributed by atoms with Crippen LogP contribution in [0.5, 0.6) is 0 Å². The molecule has 1 aliphatic heterocycles. The molecule has 23 heavy (non-hydrogen) atoms. The van der Waals surface area contributed by atoms with Crippen LogP contribution in [-0.2, 0) is 9.59 Å². The summed E-state index contributed by atoms with van der Waals surface area (Å²) in [6.07, 6.45) is 0.219. The molecule has 0 bridgehead atoms. The van der Waals surface area contributed by atoms with Gasteiger partial charge in [0.05, 0.1) is 5.92 Å². The van der Waals surface area contributed by atoms with Gasteiger partial charge in [0.25, 0.3) is 0 Å². The lowest BCUT2D eigenvalue weighted by molar-refractivity contribution is -0.122. The van der Waals surface area contributed by atoms with Crippen LogP contribution in [0, 0.1) is 5.92 Å². The average molecular weight is 330 g/mol. The van der Waals surface area contributed by atoms with Crippen molar-refractivity contribution < 1.29 is 9.59 Å². The molecule has 1 aromatic carbocycles. The third-order valence-corrected chi connectivity index (χ3v) is 4.87. The van der Waals surface area contributed by atoms with Crippen molar-refractivity contribution in [2.45, 2.75) is 26.2 Å². The van der Waals surface area contributed by atoms with Crippen LogP contribution in [0.15, 0.2) is 30.3 Å². The van der Waals surface area contributed by atoms with E-state index in [4.69, 9.17) is 0 Å². The number of para-hydroxylation sites is 1. The highest BCUT2D eigenvalue weighted by molar-refractivity contribution is 7.15. The second-order valence-electron chi connectivity index (χ2n) is 5.83. The van der Waals surface area contributed by atoms with Crippen molar-refractivity contribution >= 4 is 34.0 Å². The molecule has 2 amide bonds. The van der Waals surface area contributed by atoms with Crippen LogP contribution in [-0.4, -0.2) is 28.6 Å². The molecule has 3 rings (SSSR count). The van der Waals surface area contributed by atoms with E-state index in [1.165, 1.54) is 11.3 Å². The summed E-state index contributed by atoms with van der Waals surface area (Å²) in [5.41, 5.74) is 0.825. The standard InChI is InChI=1S/C16H18N4O2S/c1-10(2)15-18-19-16(23-15)17-14(22)11-8-13(21)20(9-11)12-6-4-3-5-7-12/h3-7,10-11H,8-9H2,1-2H3,(H,17,19,22)/t11-/m1/s1.